The molecule has 0 saturated carbocycles. The third kappa shape index (κ3) is 1.93. The second-order valence-corrected chi connectivity index (χ2v) is 4.81. The van der Waals surface area contributed by atoms with Gasteiger partial charge in [0.15, 0.2) is 4.47 Å². The van der Waals surface area contributed by atoms with Gasteiger partial charge in [-0.2, -0.15) is 0 Å². The smallest absolute Gasteiger partial charge is 0.340 e. The minimum atomic E-state index is -0.468. The molecule has 0 aliphatic heterocycles. The number of esters is 1. The van der Waals surface area contributed by atoms with Crippen molar-refractivity contribution < 1.29 is 9.53 Å². The highest BCUT2D eigenvalue weighted by Gasteiger charge is 2.15. The van der Waals surface area contributed by atoms with Gasteiger partial charge >= 0.3 is 5.97 Å². The maximum Gasteiger partial charge on any atom is 0.340 e. The molecule has 0 radical (unpaired) electrons. The number of nitrogens with zero attached hydrogens (tertiary/aromatic N) is 1. The average molecular weight is 262 g/mol. The Kier molecular flexibility index (Phi) is 2.82. The lowest BCUT2D eigenvalue weighted by Crippen LogP contribution is -2.01. The second kappa shape index (κ2) is 3.96. The number of hydrogen-bond donors (Lipinski definition) is 0. The first-order chi connectivity index (χ1) is 7.11. The predicted octanol–water partition coefficient (Wildman–Crippen LogP) is 3.39. The van der Waals surface area contributed by atoms with Gasteiger partial charge in [0.1, 0.15) is 0 Å². The zero-order valence-electron chi connectivity index (χ0n) is 7.58. The Hall–Kier alpha value is -0.840. The minimum Gasteiger partial charge on any atom is -0.465 e. The van der Waals surface area contributed by atoms with E-state index >= 15 is 0 Å². The third-order valence-corrected chi connectivity index (χ3v) is 3.16. The van der Waals surface area contributed by atoms with Crippen LogP contribution in [-0.4, -0.2) is 18.1 Å². The average Bonchev–Trinajstić information content (AvgIpc) is 2.55. The van der Waals surface area contributed by atoms with Gasteiger partial charge in [0.25, 0.3) is 0 Å². The Bertz CT molecular complexity index is 538. The van der Waals surface area contributed by atoms with Crippen molar-refractivity contribution in [2.45, 2.75) is 0 Å². The number of thiazole rings is 1. The van der Waals surface area contributed by atoms with Gasteiger partial charge in [-0.3, -0.25) is 0 Å². The van der Waals surface area contributed by atoms with Crippen molar-refractivity contribution in [3.63, 3.8) is 0 Å². The van der Waals surface area contributed by atoms with Crippen LogP contribution in [0.3, 0.4) is 0 Å². The number of ether oxygens (including phenoxy) is 1. The lowest BCUT2D eigenvalue weighted by atomic mass is 10.2. The van der Waals surface area contributed by atoms with Crippen molar-refractivity contribution >= 4 is 50.7 Å². The number of carbonyl (C=O) groups is 1. The number of methoxy groups -OCH3 is 1. The fraction of sp³-hybridized carbons (Fsp3) is 0.111. The highest BCUT2D eigenvalue weighted by atomic mass is 35.5. The van der Waals surface area contributed by atoms with Crippen LogP contribution in [0.5, 0.6) is 0 Å². The Labute approximate surface area is 99.6 Å². The fourth-order valence-electron chi connectivity index (χ4n) is 1.23. The van der Waals surface area contributed by atoms with Crippen LogP contribution in [0, 0.1) is 0 Å². The molecule has 0 N–H and O–H groups in total. The molecule has 1 aromatic carbocycles. The molecule has 0 aliphatic carbocycles. The van der Waals surface area contributed by atoms with Crippen molar-refractivity contribution in [1.29, 1.82) is 0 Å². The summed E-state index contributed by atoms with van der Waals surface area (Å²) in [4.78, 5) is 15.5. The fourth-order valence-corrected chi connectivity index (χ4v) is 2.61. The van der Waals surface area contributed by atoms with Gasteiger partial charge in [-0.25, -0.2) is 9.78 Å². The molecule has 2 aromatic rings. The topological polar surface area (TPSA) is 39.2 Å². The number of rotatable bonds is 1. The monoisotopic (exact) mass is 261 g/mol. The van der Waals surface area contributed by atoms with E-state index in [4.69, 9.17) is 23.2 Å². The lowest BCUT2D eigenvalue weighted by Gasteiger charge is -2.00. The number of hydrogen-bond acceptors (Lipinski definition) is 4. The summed E-state index contributed by atoms with van der Waals surface area (Å²) in [6, 6.07) is 3.23. The number of carbonyl (C=O) groups excluding carboxylic acids is 1. The summed E-state index contributed by atoms with van der Waals surface area (Å²) in [7, 11) is 1.31. The van der Waals surface area contributed by atoms with Crippen LogP contribution < -0.4 is 0 Å². The molecule has 0 saturated heterocycles. The van der Waals surface area contributed by atoms with Crippen molar-refractivity contribution in [3.8, 4) is 0 Å². The van der Waals surface area contributed by atoms with Gasteiger partial charge in [0.2, 0.25) is 0 Å². The van der Waals surface area contributed by atoms with Gasteiger partial charge in [-0.1, -0.05) is 23.2 Å². The highest BCUT2D eigenvalue weighted by molar-refractivity contribution is 7.22. The molecular formula is C9H5Cl2NO2S. The van der Waals surface area contributed by atoms with Crippen molar-refractivity contribution in [1.82, 2.24) is 4.98 Å². The van der Waals surface area contributed by atoms with Crippen LogP contribution in [0.4, 0.5) is 0 Å². The van der Waals surface area contributed by atoms with Gasteiger partial charge in [-0.15, -0.1) is 11.3 Å². The number of fused-ring (bicyclic) bond motifs is 1. The Morgan fingerprint density at radius 3 is 2.87 bits per heavy atom. The molecule has 2 rings (SSSR count). The summed E-state index contributed by atoms with van der Waals surface area (Å²) in [5, 5.41) is 0.461. The quantitative estimate of drug-likeness (QED) is 0.739. The summed E-state index contributed by atoms with van der Waals surface area (Å²) in [6.45, 7) is 0. The molecule has 78 valence electrons. The van der Waals surface area contributed by atoms with E-state index in [2.05, 4.69) is 9.72 Å². The maximum atomic E-state index is 11.4. The van der Waals surface area contributed by atoms with Gasteiger partial charge < -0.3 is 4.74 Å². The van der Waals surface area contributed by atoms with Crippen LogP contribution in [-0.2, 0) is 4.74 Å². The van der Waals surface area contributed by atoms with E-state index in [1.807, 2.05) is 0 Å². The normalized spacial score (nSPS) is 10.6. The van der Waals surface area contributed by atoms with Crippen LogP contribution in [0.25, 0.3) is 10.2 Å². The molecule has 6 heteroatoms. The lowest BCUT2D eigenvalue weighted by molar-refractivity contribution is 0.0603. The summed E-state index contributed by atoms with van der Waals surface area (Å²) in [6.07, 6.45) is 0. The Morgan fingerprint density at radius 2 is 2.20 bits per heavy atom. The summed E-state index contributed by atoms with van der Waals surface area (Å²) >= 11 is 12.9. The van der Waals surface area contributed by atoms with Crippen molar-refractivity contribution in [3.05, 3.63) is 27.2 Å². The van der Waals surface area contributed by atoms with Crippen molar-refractivity contribution in [2.24, 2.45) is 0 Å². The van der Waals surface area contributed by atoms with E-state index in [9.17, 15) is 4.79 Å². The summed E-state index contributed by atoms with van der Waals surface area (Å²) < 4.78 is 5.78. The number of aromatic nitrogens is 1. The second-order valence-electron chi connectivity index (χ2n) is 2.76. The molecule has 0 spiro atoms. The molecule has 0 atom stereocenters. The first-order valence-electron chi connectivity index (χ1n) is 3.95. The largest absolute Gasteiger partial charge is 0.465 e. The van der Waals surface area contributed by atoms with Crippen molar-refractivity contribution in [2.75, 3.05) is 7.11 Å². The standard InChI is InChI=1S/C9H5Cl2NO2S/c1-14-8(13)5-2-4(10)3-6-7(5)12-9(11)15-6/h2-3H,1H3. The van der Waals surface area contributed by atoms with Gasteiger partial charge in [0.05, 0.1) is 22.9 Å². The number of halogens is 2. The van der Waals surface area contributed by atoms with Crippen LogP contribution >= 0.6 is 34.5 Å². The molecule has 0 bridgehead atoms. The van der Waals surface area contributed by atoms with Crippen LogP contribution in [0.1, 0.15) is 10.4 Å². The maximum absolute atomic E-state index is 11.4. The molecule has 1 heterocycles. The van der Waals surface area contributed by atoms with E-state index in [1.54, 1.807) is 6.07 Å². The SMILES string of the molecule is COC(=O)c1cc(Cl)cc2sc(Cl)nc12. The minimum absolute atomic E-state index is 0.336. The Balaban J connectivity index is 2.75. The molecule has 0 fully saturated rings. The first-order valence-corrected chi connectivity index (χ1v) is 5.53. The summed E-state index contributed by atoms with van der Waals surface area (Å²) in [5.41, 5.74) is 0.865. The van der Waals surface area contributed by atoms with Gasteiger partial charge in [-0.05, 0) is 12.1 Å². The van der Waals surface area contributed by atoms with Crippen LogP contribution in [0.15, 0.2) is 12.1 Å². The van der Waals surface area contributed by atoms with E-state index in [0.29, 0.717) is 20.6 Å². The Morgan fingerprint density at radius 1 is 1.47 bits per heavy atom. The summed E-state index contributed by atoms with van der Waals surface area (Å²) in [5.74, 6) is -0.468. The van der Waals surface area contributed by atoms with E-state index in [-0.39, 0.29) is 0 Å². The van der Waals surface area contributed by atoms with E-state index < -0.39 is 5.97 Å². The zero-order valence-corrected chi connectivity index (χ0v) is 9.91. The molecule has 0 amide bonds. The molecule has 3 nitrogen and oxygen atoms in total. The predicted molar refractivity (Wildman–Crippen MR) is 61.0 cm³/mol. The van der Waals surface area contributed by atoms with E-state index in [1.165, 1.54) is 24.5 Å². The molecular weight excluding hydrogens is 257 g/mol. The zero-order chi connectivity index (χ0) is 11.0. The molecule has 0 aliphatic rings. The van der Waals surface area contributed by atoms with Crippen LogP contribution in [0.2, 0.25) is 9.49 Å². The third-order valence-electron chi connectivity index (χ3n) is 1.84. The molecule has 15 heavy (non-hydrogen) atoms. The highest BCUT2D eigenvalue weighted by Crippen LogP contribution is 2.31. The van der Waals surface area contributed by atoms with E-state index in [0.717, 1.165) is 4.70 Å². The first kappa shape index (κ1) is 10.7. The molecule has 0 unspecified atom stereocenters. The molecule has 1 aromatic heterocycles. The van der Waals surface area contributed by atoms with Gasteiger partial charge in [0, 0.05) is 5.02 Å². The number of benzene rings is 1.